The van der Waals surface area contributed by atoms with E-state index in [9.17, 15) is 4.79 Å². The first kappa shape index (κ1) is 13.8. The van der Waals surface area contributed by atoms with Crippen LogP contribution in [-0.4, -0.2) is 47.8 Å². The molecule has 4 heteroatoms. The summed E-state index contributed by atoms with van der Waals surface area (Å²) < 4.78 is 6.23. The van der Waals surface area contributed by atoms with Crippen LogP contribution in [0.2, 0.25) is 0 Å². The van der Waals surface area contributed by atoms with Crippen LogP contribution in [0.3, 0.4) is 0 Å². The number of ether oxygens (including phenoxy) is 1. The largest absolute Gasteiger partial charge is 0.481 e. The van der Waals surface area contributed by atoms with Crippen LogP contribution in [-0.2, 0) is 9.53 Å². The topological polar surface area (TPSA) is 49.8 Å². The van der Waals surface area contributed by atoms with Gasteiger partial charge in [-0.15, -0.1) is 0 Å². The summed E-state index contributed by atoms with van der Waals surface area (Å²) in [5, 5.41) is 8.90. The minimum Gasteiger partial charge on any atom is -0.481 e. The lowest BCUT2D eigenvalue weighted by molar-refractivity contribution is -0.141. The highest BCUT2D eigenvalue weighted by molar-refractivity contribution is 5.69. The van der Waals surface area contributed by atoms with Gasteiger partial charge in [-0.2, -0.15) is 0 Å². The van der Waals surface area contributed by atoms with Gasteiger partial charge in [0, 0.05) is 13.1 Å². The number of aliphatic carboxylic acids is 1. The number of hydrogen-bond acceptors (Lipinski definition) is 3. The summed E-state index contributed by atoms with van der Waals surface area (Å²) >= 11 is 0. The molecule has 1 heterocycles. The molecular formula is C14H25NO3. The van der Waals surface area contributed by atoms with E-state index < -0.39 is 5.97 Å². The van der Waals surface area contributed by atoms with E-state index in [1.54, 1.807) is 6.92 Å². The highest BCUT2D eigenvalue weighted by Crippen LogP contribution is 2.43. The minimum absolute atomic E-state index is 0.184. The maximum atomic E-state index is 10.8. The smallest absolute Gasteiger partial charge is 0.307 e. The Morgan fingerprint density at radius 3 is 2.72 bits per heavy atom. The Balaban J connectivity index is 1.75. The first-order chi connectivity index (χ1) is 8.51. The molecule has 2 unspecified atom stereocenters. The van der Waals surface area contributed by atoms with Crippen LogP contribution in [0.15, 0.2) is 0 Å². The third kappa shape index (κ3) is 3.23. The maximum absolute atomic E-state index is 10.8. The van der Waals surface area contributed by atoms with Crippen LogP contribution < -0.4 is 0 Å². The Morgan fingerprint density at radius 2 is 2.11 bits per heavy atom. The fourth-order valence-corrected chi connectivity index (χ4v) is 3.38. The zero-order valence-electron chi connectivity index (χ0n) is 11.5. The molecule has 0 bridgehead atoms. The van der Waals surface area contributed by atoms with Crippen LogP contribution in [0.1, 0.15) is 45.4 Å². The molecule has 0 radical (unpaired) electrons. The number of carbonyl (C=O) groups is 1. The molecule has 0 aromatic rings. The van der Waals surface area contributed by atoms with Gasteiger partial charge in [-0.3, -0.25) is 4.79 Å². The van der Waals surface area contributed by atoms with Crippen molar-refractivity contribution in [3.63, 3.8) is 0 Å². The molecular weight excluding hydrogens is 230 g/mol. The van der Waals surface area contributed by atoms with Gasteiger partial charge in [0.25, 0.3) is 0 Å². The van der Waals surface area contributed by atoms with E-state index in [0.717, 1.165) is 13.0 Å². The lowest BCUT2D eigenvalue weighted by Gasteiger charge is -2.26. The molecule has 2 atom stereocenters. The predicted molar refractivity (Wildman–Crippen MR) is 69.6 cm³/mol. The number of nitrogens with zero attached hydrogens (tertiary/aromatic N) is 1. The predicted octanol–water partition coefficient (Wildman–Crippen LogP) is 2.13. The average Bonchev–Trinajstić information content (AvgIpc) is 2.90. The zero-order chi connectivity index (χ0) is 13.2. The number of carboxylic acid groups (broad SMARTS) is 1. The quantitative estimate of drug-likeness (QED) is 0.817. The van der Waals surface area contributed by atoms with Crippen molar-refractivity contribution in [3.05, 3.63) is 0 Å². The number of likely N-dealkylation sites (N-methyl/N-ethyl adjacent to an activating group) is 1. The molecule has 1 spiro atoms. The van der Waals surface area contributed by atoms with Gasteiger partial charge in [-0.25, -0.2) is 0 Å². The normalized spacial score (nSPS) is 28.1. The molecule has 0 aromatic carbocycles. The standard InChI is InChI=1S/C14H25NO3/c1-11(13(16)17)9-15(2)10-12-5-8-14(18-12)6-3-4-7-14/h11-12H,3-10H2,1-2H3,(H,16,17). The molecule has 4 nitrogen and oxygen atoms in total. The number of rotatable bonds is 5. The van der Waals surface area contributed by atoms with Crippen molar-refractivity contribution in [2.45, 2.75) is 57.2 Å². The van der Waals surface area contributed by atoms with Gasteiger partial charge in [0.1, 0.15) is 0 Å². The Bertz CT molecular complexity index is 299. The lowest BCUT2D eigenvalue weighted by atomic mass is 9.98. The molecule has 0 amide bonds. The monoisotopic (exact) mass is 255 g/mol. The van der Waals surface area contributed by atoms with E-state index in [-0.39, 0.29) is 11.5 Å². The summed E-state index contributed by atoms with van der Waals surface area (Å²) in [5.74, 6) is -1.03. The summed E-state index contributed by atoms with van der Waals surface area (Å²) in [6.07, 6.45) is 7.68. The van der Waals surface area contributed by atoms with Crippen LogP contribution in [0, 0.1) is 5.92 Å². The van der Waals surface area contributed by atoms with Crippen LogP contribution in [0.25, 0.3) is 0 Å². The Labute approximate surface area is 109 Å². The van der Waals surface area contributed by atoms with Gasteiger partial charge >= 0.3 is 5.97 Å². The van der Waals surface area contributed by atoms with Gasteiger partial charge in [0.15, 0.2) is 0 Å². The number of carboxylic acids is 1. The molecule has 104 valence electrons. The second-order valence-electron chi connectivity index (χ2n) is 6.13. The van der Waals surface area contributed by atoms with E-state index in [1.807, 2.05) is 7.05 Å². The van der Waals surface area contributed by atoms with Gasteiger partial charge in [0.2, 0.25) is 0 Å². The van der Waals surface area contributed by atoms with Crippen molar-refractivity contribution >= 4 is 5.97 Å². The average molecular weight is 255 g/mol. The highest BCUT2D eigenvalue weighted by Gasteiger charge is 2.42. The highest BCUT2D eigenvalue weighted by atomic mass is 16.5. The van der Waals surface area contributed by atoms with Gasteiger partial charge < -0.3 is 14.7 Å². The molecule has 2 rings (SSSR count). The second-order valence-corrected chi connectivity index (χ2v) is 6.13. The fraction of sp³-hybridized carbons (Fsp3) is 0.929. The van der Waals surface area contributed by atoms with E-state index in [4.69, 9.17) is 9.84 Å². The summed E-state index contributed by atoms with van der Waals surface area (Å²) in [4.78, 5) is 12.9. The number of hydrogen-bond donors (Lipinski definition) is 1. The van der Waals surface area contributed by atoms with E-state index in [1.165, 1.54) is 32.1 Å². The molecule has 1 N–H and O–H groups in total. The molecule has 18 heavy (non-hydrogen) atoms. The molecule has 1 aliphatic carbocycles. The molecule has 1 saturated carbocycles. The Hall–Kier alpha value is -0.610. The third-order valence-electron chi connectivity index (χ3n) is 4.38. The van der Waals surface area contributed by atoms with E-state index >= 15 is 0 Å². The Kier molecular flexibility index (Phi) is 4.28. The zero-order valence-corrected chi connectivity index (χ0v) is 11.5. The van der Waals surface area contributed by atoms with Gasteiger partial charge in [-0.1, -0.05) is 19.8 Å². The lowest BCUT2D eigenvalue weighted by Crippen LogP contribution is -2.36. The molecule has 1 saturated heterocycles. The van der Waals surface area contributed by atoms with Crippen molar-refractivity contribution in [1.82, 2.24) is 4.90 Å². The van der Waals surface area contributed by atoms with Crippen molar-refractivity contribution in [3.8, 4) is 0 Å². The Morgan fingerprint density at radius 1 is 1.44 bits per heavy atom. The summed E-state index contributed by atoms with van der Waals surface area (Å²) in [6.45, 7) is 3.22. The fourth-order valence-electron chi connectivity index (χ4n) is 3.38. The van der Waals surface area contributed by atoms with Crippen molar-refractivity contribution in [2.24, 2.45) is 5.92 Å². The van der Waals surface area contributed by atoms with Crippen molar-refractivity contribution in [1.29, 1.82) is 0 Å². The summed E-state index contributed by atoms with van der Waals surface area (Å²) in [6, 6.07) is 0. The molecule has 1 aliphatic heterocycles. The minimum atomic E-state index is -0.721. The maximum Gasteiger partial charge on any atom is 0.307 e. The van der Waals surface area contributed by atoms with E-state index in [0.29, 0.717) is 12.6 Å². The first-order valence-electron chi connectivity index (χ1n) is 7.10. The van der Waals surface area contributed by atoms with E-state index in [2.05, 4.69) is 4.90 Å². The molecule has 2 aliphatic rings. The summed E-state index contributed by atoms with van der Waals surface area (Å²) in [7, 11) is 1.99. The van der Waals surface area contributed by atoms with Gasteiger partial charge in [0.05, 0.1) is 17.6 Å². The summed E-state index contributed by atoms with van der Waals surface area (Å²) in [5.41, 5.74) is 0.184. The van der Waals surface area contributed by atoms with Crippen molar-refractivity contribution in [2.75, 3.05) is 20.1 Å². The van der Waals surface area contributed by atoms with Crippen LogP contribution in [0.4, 0.5) is 0 Å². The van der Waals surface area contributed by atoms with Crippen molar-refractivity contribution < 1.29 is 14.6 Å². The third-order valence-corrected chi connectivity index (χ3v) is 4.38. The first-order valence-corrected chi connectivity index (χ1v) is 7.10. The van der Waals surface area contributed by atoms with Crippen LogP contribution >= 0.6 is 0 Å². The molecule has 0 aromatic heterocycles. The second kappa shape index (κ2) is 5.57. The van der Waals surface area contributed by atoms with Crippen LogP contribution in [0.5, 0.6) is 0 Å². The SMILES string of the molecule is CC(CN(C)CC1CCC2(CCCC2)O1)C(=O)O. The van der Waals surface area contributed by atoms with Gasteiger partial charge in [-0.05, 0) is 32.7 Å². The molecule has 2 fully saturated rings.